The molecule has 4 nitrogen and oxygen atoms in total. The van der Waals surface area contributed by atoms with Gasteiger partial charge in [-0.1, -0.05) is 0 Å². The van der Waals surface area contributed by atoms with Crippen molar-refractivity contribution in [2.24, 2.45) is 0 Å². The number of nitrogens with two attached hydrogens (primary N) is 1. The first kappa shape index (κ1) is 13.8. The maximum atomic E-state index is 5.97. The summed E-state index contributed by atoms with van der Waals surface area (Å²) in [6.45, 7) is 11.0. The van der Waals surface area contributed by atoms with Gasteiger partial charge in [-0.15, -0.1) is 0 Å². The second-order valence-electron chi connectivity index (χ2n) is 5.32. The molecule has 0 saturated heterocycles. The molecule has 1 aromatic heterocycles. The summed E-state index contributed by atoms with van der Waals surface area (Å²) in [5, 5.41) is 3.42. The summed E-state index contributed by atoms with van der Waals surface area (Å²) in [6, 6.07) is 0. The average Bonchev–Trinajstić information content (AvgIpc) is 2.15. The largest absolute Gasteiger partial charge is 0.495 e. The van der Waals surface area contributed by atoms with Gasteiger partial charge in [0.2, 0.25) is 0 Å². The zero-order chi connectivity index (χ0) is 13.2. The van der Waals surface area contributed by atoms with Gasteiger partial charge in [0.05, 0.1) is 12.8 Å². The Hall–Kier alpha value is -1.29. The van der Waals surface area contributed by atoms with Gasteiger partial charge >= 0.3 is 0 Å². The summed E-state index contributed by atoms with van der Waals surface area (Å²) in [4.78, 5) is 4.32. The van der Waals surface area contributed by atoms with E-state index in [4.69, 9.17) is 10.5 Å². The van der Waals surface area contributed by atoms with Crippen LogP contribution in [0.4, 0.5) is 5.82 Å². The number of ether oxygens (including phenoxy) is 1. The monoisotopic (exact) mass is 237 g/mol. The van der Waals surface area contributed by atoms with Crippen molar-refractivity contribution < 1.29 is 4.74 Å². The van der Waals surface area contributed by atoms with Crippen molar-refractivity contribution >= 4 is 5.82 Å². The Kier molecular flexibility index (Phi) is 3.98. The number of pyridine rings is 1. The van der Waals surface area contributed by atoms with Crippen molar-refractivity contribution in [2.75, 3.05) is 12.8 Å². The van der Waals surface area contributed by atoms with Crippen molar-refractivity contribution in [3.8, 4) is 5.75 Å². The van der Waals surface area contributed by atoms with E-state index in [0.717, 1.165) is 22.6 Å². The van der Waals surface area contributed by atoms with E-state index in [0.29, 0.717) is 12.4 Å². The fraction of sp³-hybridized carbons (Fsp3) is 0.615. The third-order valence-electron chi connectivity index (χ3n) is 2.72. The van der Waals surface area contributed by atoms with Crippen molar-refractivity contribution in [2.45, 2.75) is 46.7 Å². The Morgan fingerprint density at radius 2 is 1.88 bits per heavy atom. The maximum Gasteiger partial charge on any atom is 0.143 e. The number of methoxy groups -OCH3 is 1. The number of aromatic nitrogens is 1. The van der Waals surface area contributed by atoms with E-state index < -0.39 is 0 Å². The summed E-state index contributed by atoms with van der Waals surface area (Å²) >= 11 is 0. The van der Waals surface area contributed by atoms with E-state index in [1.165, 1.54) is 0 Å². The minimum Gasteiger partial charge on any atom is -0.495 e. The van der Waals surface area contributed by atoms with Crippen molar-refractivity contribution in [1.82, 2.24) is 10.3 Å². The van der Waals surface area contributed by atoms with Gasteiger partial charge in [0, 0.05) is 23.2 Å². The van der Waals surface area contributed by atoms with Crippen LogP contribution < -0.4 is 15.8 Å². The third kappa shape index (κ3) is 3.33. The number of nitrogens with zero attached hydrogens (tertiary/aromatic N) is 1. The average molecular weight is 237 g/mol. The number of hydrogen-bond donors (Lipinski definition) is 2. The Morgan fingerprint density at radius 3 is 2.35 bits per heavy atom. The quantitative estimate of drug-likeness (QED) is 0.846. The Morgan fingerprint density at radius 1 is 1.29 bits per heavy atom. The van der Waals surface area contributed by atoms with Crippen LogP contribution >= 0.6 is 0 Å². The van der Waals surface area contributed by atoms with Gasteiger partial charge in [0.1, 0.15) is 11.6 Å². The summed E-state index contributed by atoms with van der Waals surface area (Å²) in [6.07, 6.45) is 0. The predicted molar refractivity (Wildman–Crippen MR) is 71.3 cm³/mol. The van der Waals surface area contributed by atoms with Gasteiger partial charge in [-0.05, 0) is 34.6 Å². The number of nitrogen functional groups attached to an aromatic ring is 1. The van der Waals surface area contributed by atoms with E-state index in [1.807, 2.05) is 13.8 Å². The van der Waals surface area contributed by atoms with Crippen molar-refractivity contribution in [1.29, 1.82) is 0 Å². The predicted octanol–water partition coefficient (Wildman–Crippen LogP) is 2.18. The van der Waals surface area contributed by atoms with Gasteiger partial charge in [-0.25, -0.2) is 4.98 Å². The molecular formula is C13H23N3O. The number of aryl methyl sites for hydroxylation is 1. The Balaban J connectivity index is 3.07. The first-order valence-electron chi connectivity index (χ1n) is 5.81. The molecule has 4 heteroatoms. The molecular weight excluding hydrogens is 214 g/mol. The molecule has 0 atom stereocenters. The second kappa shape index (κ2) is 4.92. The van der Waals surface area contributed by atoms with E-state index in [9.17, 15) is 0 Å². The molecule has 17 heavy (non-hydrogen) atoms. The number of rotatable bonds is 3. The molecule has 96 valence electrons. The smallest absolute Gasteiger partial charge is 0.143 e. The number of anilines is 1. The first-order chi connectivity index (χ1) is 7.76. The molecule has 0 bridgehead atoms. The van der Waals surface area contributed by atoms with E-state index >= 15 is 0 Å². The standard InChI is InChI=1S/C13H23N3O/c1-8-10(7-15-13(3,4)5)12(14)16-9(2)11(8)17-6/h15H,7H2,1-6H3,(H2,14,16). The normalized spacial score (nSPS) is 11.6. The molecule has 1 heterocycles. The molecule has 0 radical (unpaired) electrons. The molecule has 0 amide bonds. The van der Waals surface area contributed by atoms with E-state index in [1.54, 1.807) is 7.11 Å². The van der Waals surface area contributed by atoms with Crippen LogP contribution in [0.15, 0.2) is 0 Å². The fourth-order valence-corrected chi connectivity index (χ4v) is 1.78. The van der Waals surface area contributed by atoms with Crippen LogP contribution in [-0.4, -0.2) is 17.6 Å². The van der Waals surface area contributed by atoms with Crippen LogP contribution in [0.2, 0.25) is 0 Å². The fourth-order valence-electron chi connectivity index (χ4n) is 1.78. The minimum atomic E-state index is 0.0526. The first-order valence-corrected chi connectivity index (χ1v) is 5.81. The molecule has 0 unspecified atom stereocenters. The van der Waals surface area contributed by atoms with E-state index in [-0.39, 0.29) is 5.54 Å². The van der Waals surface area contributed by atoms with Gasteiger partial charge < -0.3 is 15.8 Å². The Bertz CT molecular complexity index is 408. The molecule has 0 aliphatic heterocycles. The highest BCUT2D eigenvalue weighted by molar-refractivity contribution is 5.52. The lowest BCUT2D eigenvalue weighted by atomic mass is 10.0. The van der Waals surface area contributed by atoms with Crippen LogP contribution in [-0.2, 0) is 6.54 Å². The third-order valence-corrected chi connectivity index (χ3v) is 2.72. The Labute approximate surface area is 104 Å². The minimum absolute atomic E-state index is 0.0526. The SMILES string of the molecule is COc1c(C)nc(N)c(CNC(C)(C)C)c1C. The van der Waals surface area contributed by atoms with Crippen molar-refractivity contribution in [3.63, 3.8) is 0 Å². The lowest BCUT2D eigenvalue weighted by Crippen LogP contribution is -2.35. The molecule has 3 N–H and O–H groups in total. The highest BCUT2D eigenvalue weighted by Gasteiger charge is 2.16. The summed E-state index contributed by atoms with van der Waals surface area (Å²) in [7, 11) is 1.66. The zero-order valence-corrected chi connectivity index (χ0v) is 11.6. The molecule has 1 rings (SSSR count). The summed E-state index contributed by atoms with van der Waals surface area (Å²) in [5.74, 6) is 1.41. The molecule has 0 aliphatic rings. The second-order valence-corrected chi connectivity index (χ2v) is 5.32. The molecule has 1 aromatic rings. The van der Waals surface area contributed by atoms with Crippen LogP contribution in [0.25, 0.3) is 0 Å². The summed E-state index contributed by atoms with van der Waals surface area (Å²) < 4.78 is 5.36. The number of nitrogens with one attached hydrogen (secondary N) is 1. The lowest BCUT2D eigenvalue weighted by Gasteiger charge is -2.22. The van der Waals surface area contributed by atoms with Gasteiger partial charge in [-0.2, -0.15) is 0 Å². The van der Waals surface area contributed by atoms with Crippen LogP contribution in [0, 0.1) is 13.8 Å². The van der Waals surface area contributed by atoms with Gasteiger partial charge in [-0.3, -0.25) is 0 Å². The van der Waals surface area contributed by atoms with Crippen LogP contribution in [0.3, 0.4) is 0 Å². The van der Waals surface area contributed by atoms with Crippen LogP contribution in [0.5, 0.6) is 5.75 Å². The summed E-state index contributed by atoms with van der Waals surface area (Å²) in [5.41, 5.74) is 8.94. The highest BCUT2D eigenvalue weighted by atomic mass is 16.5. The highest BCUT2D eigenvalue weighted by Crippen LogP contribution is 2.28. The molecule has 0 fully saturated rings. The molecule has 0 saturated carbocycles. The maximum absolute atomic E-state index is 5.97. The molecule has 0 aromatic carbocycles. The van der Waals surface area contributed by atoms with Gasteiger partial charge in [0.15, 0.2) is 0 Å². The van der Waals surface area contributed by atoms with Crippen LogP contribution in [0.1, 0.15) is 37.6 Å². The zero-order valence-electron chi connectivity index (χ0n) is 11.6. The number of hydrogen-bond acceptors (Lipinski definition) is 4. The lowest BCUT2D eigenvalue weighted by molar-refractivity contribution is 0.401. The van der Waals surface area contributed by atoms with E-state index in [2.05, 4.69) is 31.1 Å². The van der Waals surface area contributed by atoms with Crippen molar-refractivity contribution in [3.05, 3.63) is 16.8 Å². The molecule has 0 spiro atoms. The van der Waals surface area contributed by atoms with Gasteiger partial charge in [0.25, 0.3) is 0 Å². The molecule has 0 aliphatic carbocycles. The topological polar surface area (TPSA) is 60.2 Å².